The molecule has 0 aliphatic carbocycles. The number of rotatable bonds is 5. The van der Waals surface area contributed by atoms with Crippen LogP contribution in [0.4, 0.5) is 0 Å². The van der Waals surface area contributed by atoms with Crippen molar-refractivity contribution in [1.82, 2.24) is 10.2 Å². The van der Waals surface area contributed by atoms with Gasteiger partial charge in [0.15, 0.2) is 11.5 Å². The van der Waals surface area contributed by atoms with Crippen LogP contribution in [0.25, 0.3) is 0 Å². The second kappa shape index (κ2) is 5.71. The molecular formula is C13H17N3O3. The summed E-state index contributed by atoms with van der Waals surface area (Å²) in [6, 6.07) is 5.40. The molecule has 0 saturated heterocycles. The Kier molecular flexibility index (Phi) is 4.01. The molecule has 2 rings (SSSR count). The number of methoxy groups -OCH3 is 2. The van der Waals surface area contributed by atoms with Gasteiger partial charge in [-0.2, -0.15) is 0 Å². The van der Waals surface area contributed by atoms with E-state index in [9.17, 15) is 0 Å². The van der Waals surface area contributed by atoms with Crippen LogP contribution in [0.2, 0.25) is 0 Å². The molecule has 1 aromatic heterocycles. The first kappa shape index (κ1) is 13.4. The van der Waals surface area contributed by atoms with Gasteiger partial charge in [0.2, 0.25) is 11.8 Å². The summed E-state index contributed by atoms with van der Waals surface area (Å²) in [6.07, 6.45) is 0.528. The number of ether oxygens (including phenoxy) is 2. The van der Waals surface area contributed by atoms with Crippen molar-refractivity contribution in [2.45, 2.75) is 19.4 Å². The van der Waals surface area contributed by atoms with Crippen LogP contribution >= 0.6 is 0 Å². The lowest BCUT2D eigenvalue weighted by Gasteiger charge is -2.08. The van der Waals surface area contributed by atoms with E-state index in [0.717, 1.165) is 5.56 Å². The van der Waals surface area contributed by atoms with E-state index in [4.69, 9.17) is 19.6 Å². The number of benzene rings is 1. The molecule has 6 heteroatoms. The van der Waals surface area contributed by atoms with E-state index >= 15 is 0 Å². The second-order valence-corrected chi connectivity index (χ2v) is 4.19. The molecule has 0 aliphatic rings. The number of hydrogen-bond donors (Lipinski definition) is 1. The maximum absolute atomic E-state index is 5.67. The first-order valence-corrected chi connectivity index (χ1v) is 5.92. The molecule has 0 fully saturated rings. The molecule has 0 spiro atoms. The van der Waals surface area contributed by atoms with Crippen molar-refractivity contribution in [3.8, 4) is 11.5 Å². The maximum atomic E-state index is 5.67. The lowest BCUT2D eigenvalue weighted by Crippen LogP contribution is -2.04. The van der Waals surface area contributed by atoms with E-state index in [1.54, 1.807) is 21.1 Å². The van der Waals surface area contributed by atoms with Gasteiger partial charge in [0.25, 0.3) is 0 Å². The molecule has 0 aliphatic heterocycles. The van der Waals surface area contributed by atoms with E-state index in [1.807, 2.05) is 18.2 Å². The van der Waals surface area contributed by atoms with E-state index in [2.05, 4.69) is 10.2 Å². The van der Waals surface area contributed by atoms with Crippen molar-refractivity contribution >= 4 is 0 Å². The highest BCUT2D eigenvalue weighted by Crippen LogP contribution is 2.28. The van der Waals surface area contributed by atoms with E-state index in [-0.39, 0.29) is 6.04 Å². The number of aromatic nitrogens is 2. The average Bonchev–Trinajstić information content (AvgIpc) is 2.87. The van der Waals surface area contributed by atoms with Gasteiger partial charge >= 0.3 is 0 Å². The number of nitrogens with two attached hydrogens (primary N) is 1. The van der Waals surface area contributed by atoms with Crippen LogP contribution in [0.5, 0.6) is 11.5 Å². The summed E-state index contributed by atoms with van der Waals surface area (Å²) in [7, 11) is 3.20. The third-order valence-electron chi connectivity index (χ3n) is 2.68. The van der Waals surface area contributed by atoms with Crippen LogP contribution in [-0.4, -0.2) is 24.4 Å². The minimum atomic E-state index is -0.258. The summed E-state index contributed by atoms with van der Waals surface area (Å²) in [5.74, 6) is 2.33. The lowest BCUT2D eigenvalue weighted by molar-refractivity contribution is 0.354. The molecule has 0 amide bonds. The van der Waals surface area contributed by atoms with E-state index in [0.29, 0.717) is 29.7 Å². The topological polar surface area (TPSA) is 83.4 Å². The molecule has 0 radical (unpaired) electrons. The minimum absolute atomic E-state index is 0.258. The van der Waals surface area contributed by atoms with Gasteiger partial charge in [-0.1, -0.05) is 6.07 Å². The molecular weight excluding hydrogens is 246 g/mol. The summed E-state index contributed by atoms with van der Waals surface area (Å²) in [5.41, 5.74) is 6.67. The van der Waals surface area contributed by atoms with Crippen molar-refractivity contribution in [1.29, 1.82) is 0 Å². The Morgan fingerprint density at radius 1 is 1.21 bits per heavy atom. The zero-order valence-corrected chi connectivity index (χ0v) is 11.2. The van der Waals surface area contributed by atoms with Gasteiger partial charge in [-0.05, 0) is 24.6 Å². The second-order valence-electron chi connectivity index (χ2n) is 4.19. The fraction of sp³-hybridized carbons (Fsp3) is 0.385. The smallest absolute Gasteiger partial charge is 0.232 e. The monoisotopic (exact) mass is 263 g/mol. The SMILES string of the molecule is COc1ccc(Cc2nnc(C(C)N)o2)cc1OC. The predicted octanol–water partition coefficient (Wildman–Crippen LogP) is 1.70. The van der Waals surface area contributed by atoms with E-state index in [1.165, 1.54) is 0 Å². The predicted molar refractivity (Wildman–Crippen MR) is 69.3 cm³/mol. The molecule has 0 saturated carbocycles. The fourth-order valence-corrected chi connectivity index (χ4v) is 1.69. The summed E-state index contributed by atoms with van der Waals surface area (Å²) >= 11 is 0. The summed E-state index contributed by atoms with van der Waals surface area (Å²) in [5, 5.41) is 7.85. The maximum Gasteiger partial charge on any atom is 0.232 e. The van der Waals surface area contributed by atoms with Crippen LogP contribution in [0.15, 0.2) is 22.6 Å². The first-order chi connectivity index (χ1) is 9.13. The fourth-order valence-electron chi connectivity index (χ4n) is 1.69. The molecule has 1 aromatic carbocycles. The molecule has 6 nitrogen and oxygen atoms in total. The molecule has 0 bridgehead atoms. The van der Waals surface area contributed by atoms with Gasteiger partial charge in [0.1, 0.15) is 0 Å². The van der Waals surface area contributed by atoms with E-state index < -0.39 is 0 Å². The average molecular weight is 263 g/mol. The van der Waals surface area contributed by atoms with Crippen molar-refractivity contribution < 1.29 is 13.9 Å². The Labute approximate surface area is 111 Å². The molecule has 19 heavy (non-hydrogen) atoms. The summed E-state index contributed by atoms with van der Waals surface area (Å²) < 4.78 is 15.9. The van der Waals surface area contributed by atoms with Gasteiger partial charge in [-0.25, -0.2) is 0 Å². The zero-order valence-electron chi connectivity index (χ0n) is 11.2. The van der Waals surface area contributed by atoms with Gasteiger partial charge in [-0.3, -0.25) is 0 Å². The third kappa shape index (κ3) is 3.03. The Morgan fingerprint density at radius 2 is 1.95 bits per heavy atom. The van der Waals surface area contributed by atoms with Gasteiger partial charge in [-0.15, -0.1) is 10.2 Å². The third-order valence-corrected chi connectivity index (χ3v) is 2.68. The van der Waals surface area contributed by atoms with Crippen LogP contribution in [0, 0.1) is 0 Å². The van der Waals surface area contributed by atoms with Crippen molar-refractivity contribution in [2.24, 2.45) is 5.73 Å². The Hall–Kier alpha value is -2.08. The van der Waals surface area contributed by atoms with Crippen LogP contribution < -0.4 is 15.2 Å². The van der Waals surface area contributed by atoms with Crippen molar-refractivity contribution in [2.75, 3.05) is 14.2 Å². The largest absolute Gasteiger partial charge is 0.493 e. The molecule has 102 valence electrons. The van der Waals surface area contributed by atoms with Crippen LogP contribution in [0.3, 0.4) is 0 Å². The summed E-state index contributed by atoms with van der Waals surface area (Å²) in [6.45, 7) is 1.80. The highest BCUT2D eigenvalue weighted by atomic mass is 16.5. The van der Waals surface area contributed by atoms with Gasteiger partial charge in [0, 0.05) is 0 Å². The highest BCUT2D eigenvalue weighted by Gasteiger charge is 2.11. The highest BCUT2D eigenvalue weighted by molar-refractivity contribution is 5.43. The van der Waals surface area contributed by atoms with Gasteiger partial charge in [0.05, 0.1) is 26.7 Å². The standard InChI is InChI=1S/C13H17N3O3/c1-8(14)13-16-15-12(19-13)7-9-4-5-10(17-2)11(6-9)18-3/h4-6,8H,7,14H2,1-3H3. The number of hydrogen-bond acceptors (Lipinski definition) is 6. The Balaban J connectivity index is 2.18. The van der Waals surface area contributed by atoms with Crippen LogP contribution in [-0.2, 0) is 6.42 Å². The van der Waals surface area contributed by atoms with Gasteiger partial charge < -0.3 is 19.6 Å². The number of nitrogens with zero attached hydrogens (tertiary/aromatic N) is 2. The van der Waals surface area contributed by atoms with Crippen molar-refractivity contribution in [3.63, 3.8) is 0 Å². The molecule has 1 unspecified atom stereocenters. The minimum Gasteiger partial charge on any atom is -0.493 e. The Morgan fingerprint density at radius 3 is 2.53 bits per heavy atom. The van der Waals surface area contributed by atoms with Crippen LogP contribution in [0.1, 0.15) is 30.3 Å². The quantitative estimate of drug-likeness (QED) is 0.883. The molecule has 2 N–H and O–H groups in total. The lowest BCUT2D eigenvalue weighted by atomic mass is 10.1. The molecule has 1 heterocycles. The van der Waals surface area contributed by atoms with Crippen molar-refractivity contribution in [3.05, 3.63) is 35.5 Å². The molecule has 1 atom stereocenters. The zero-order chi connectivity index (χ0) is 13.8. The summed E-state index contributed by atoms with van der Waals surface area (Å²) in [4.78, 5) is 0. The normalized spacial score (nSPS) is 12.2. The molecule has 2 aromatic rings. The Bertz CT molecular complexity index is 552. The first-order valence-electron chi connectivity index (χ1n) is 5.92.